The van der Waals surface area contributed by atoms with Crippen molar-refractivity contribution in [3.05, 3.63) is 28.2 Å². The van der Waals surface area contributed by atoms with E-state index >= 15 is 0 Å². The van der Waals surface area contributed by atoms with Crippen LogP contribution in [0.1, 0.15) is 12.8 Å². The van der Waals surface area contributed by atoms with Gasteiger partial charge in [-0.2, -0.15) is 4.98 Å². The predicted molar refractivity (Wildman–Crippen MR) is 81.3 cm³/mol. The number of halogens is 2. The molecule has 3 rings (SSSR count). The van der Waals surface area contributed by atoms with Crippen molar-refractivity contribution < 1.29 is 0 Å². The third-order valence-electron chi connectivity index (χ3n) is 3.41. The van der Waals surface area contributed by atoms with Gasteiger partial charge < -0.3 is 10.6 Å². The zero-order valence-corrected chi connectivity index (χ0v) is 12.3. The Bertz CT molecular complexity index is 613. The Morgan fingerprint density at radius 3 is 2.90 bits per heavy atom. The second-order valence-corrected chi connectivity index (χ2v) is 5.78. The van der Waals surface area contributed by atoms with Gasteiger partial charge in [0.1, 0.15) is 0 Å². The summed E-state index contributed by atoms with van der Waals surface area (Å²) < 4.78 is 0. The van der Waals surface area contributed by atoms with E-state index in [0.29, 0.717) is 21.8 Å². The predicted octanol–water partition coefficient (Wildman–Crippen LogP) is 2.71. The molecule has 2 aromatic rings. The van der Waals surface area contributed by atoms with Crippen molar-refractivity contribution in [1.82, 2.24) is 15.2 Å². The summed E-state index contributed by atoms with van der Waals surface area (Å²) in [6.45, 7) is 1.73. The standard InChI is InChI=1S/C13H15Cl2N5/c14-10-4-3-8(6-11(10)15)12-17-13(19-18-12)20-5-1-2-9(16)7-20/h3-4,6,9H,1-2,5,7,16H2,(H,17,18,19). The molecular weight excluding hydrogens is 297 g/mol. The van der Waals surface area contributed by atoms with Crippen LogP contribution in [0.4, 0.5) is 5.95 Å². The van der Waals surface area contributed by atoms with Gasteiger partial charge in [-0.1, -0.05) is 23.2 Å². The lowest BCUT2D eigenvalue weighted by Gasteiger charge is -2.29. The smallest absolute Gasteiger partial charge is 0.245 e. The average Bonchev–Trinajstić information content (AvgIpc) is 2.92. The van der Waals surface area contributed by atoms with Crippen molar-refractivity contribution in [3.63, 3.8) is 0 Å². The van der Waals surface area contributed by atoms with Gasteiger partial charge >= 0.3 is 0 Å². The van der Waals surface area contributed by atoms with Crippen LogP contribution >= 0.6 is 23.2 Å². The van der Waals surface area contributed by atoms with Crippen LogP contribution in [-0.4, -0.2) is 34.3 Å². The first-order valence-corrected chi connectivity index (χ1v) is 7.27. The number of hydrogen-bond donors (Lipinski definition) is 2. The van der Waals surface area contributed by atoms with E-state index in [1.54, 1.807) is 12.1 Å². The summed E-state index contributed by atoms with van der Waals surface area (Å²) in [4.78, 5) is 6.61. The molecule has 1 atom stereocenters. The van der Waals surface area contributed by atoms with Crippen molar-refractivity contribution in [2.45, 2.75) is 18.9 Å². The van der Waals surface area contributed by atoms with Crippen molar-refractivity contribution in [2.75, 3.05) is 18.0 Å². The molecule has 3 N–H and O–H groups in total. The van der Waals surface area contributed by atoms with Crippen molar-refractivity contribution in [1.29, 1.82) is 0 Å². The molecule has 2 heterocycles. The maximum absolute atomic E-state index is 6.02. The summed E-state index contributed by atoms with van der Waals surface area (Å²) >= 11 is 11.9. The zero-order valence-electron chi connectivity index (χ0n) is 10.8. The lowest BCUT2D eigenvalue weighted by Crippen LogP contribution is -2.43. The highest BCUT2D eigenvalue weighted by atomic mass is 35.5. The molecular formula is C13H15Cl2N5. The highest BCUT2D eigenvalue weighted by Gasteiger charge is 2.20. The average molecular weight is 312 g/mol. The van der Waals surface area contributed by atoms with Crippen molar-refractivity contribution in [2.24, 2.45) is 5.73 Å². The Kier molecular flexibility index (Phi) is 3.83. The summed E-state index contributed by atoms with van der Waals surface area (Å²) in [6.07, 6.45) is 2.12. The fourth-order valence-electron chi connectivity index (χ4n) is 2.36. The van der Waals surface area contributed by atoms with E-state index in [1.807, 2.05) is 6.07 Å². The summed E-state index contributed by atoms with van der Waals surface area (Å²) in [5, 5.41) is 8.22. The number of nitrogens with two attached hydrogens (primary N) is 1. The topological polar surface area (TPSA) is 70.8 Å². The molecule has 0 saturated carbocycles. The van der Waals surface area contributed by atoms with Gasteiger partial charge in [0.15, 0.2) is 5.82 Å². The largest absolute Gasteiger partial charge is 0.338 e. The first kappa shape index (κ1) is 13.7. The molecule has 7 heteroatoms. The molecule has 0 aliphatic carbocycles. The molecule has 1 aromatic carbocycles. The van der Waals surface area contributed by atoms with E-state index in [0.717, 1.165) is 31.5 Å². The molecule has 1 aliphatic heterocycles. The molecule has 0 bridgehead atoms. The van der Waals surface area contributed by atoms with Gasteiger partial charge in [-0.15, -0.1) is 5.10 Å². The first-order chi connectivity index (χ1) is 9.63. The van der Waals surface area contributed by atoms with E-state index < -0.39 is 0 Å². The van der Waals surface area contributed by atoms with Crippen molar-refractivity contribution >= 4 is 29.2 Å². The van der Waals surface area contributed by atoms with Crippen LogP contribution in [-0.2, 0) is 0 Å². The highest BCUT2D eigenvalue weighted by Crippen LogP contribution is 2.27. The Morgan fingerprint density at radius 1 is 1.30 bits per heavy atom. The van der Waals surface area contributed by atoms with Crippen LogP contribution in [0.3, 0.4) is 0 Å². The van der Waals surface area contributed by atoms with Crippen LogP contribution in [0.2, 0.25) is 10.0 Å². The Hall–Kier alpha value is -1.30. The van der Waals surface area contributed by atoms with E-state index in [4.69, 9.17) is 28.9 Å². The van der Waals surface area contributed by atoms with Gasteiger partial charge in [0.2, 0.25) is 5.95 Å². The minimum Gasteiger partial charge on any atom is -0.338 e. The third kappa shape index (κ3) is 2.75. The number of piperidine rings is 1. The maximum atomic E-state index is 6.02. The van der Waals surface area contributed by atoms with Gasteiger partial charge in [-0.3, -0.25) is 5.10 Å². The van der Waals surface area contributed by atoms with Gasteiger partial charge in [0, 0.05) is 24.7 Å². The van der Waals surface area contributed by atoms with E-state index in [9.17, 15) is 0 Å². The number of aromatic nitrogens is 3. The molecule has 0 radical (unpaired) electrons. The lowest BCUT2D eigenvalue weighted by atomic mass is 10.1. The Morgan fingerprint density at radius 2 is 2.15 bits per heavy atom. The monoisotopic (exact) mass is 311 g/mol. The molecule has 1 unspecified atom stereocenters. The minimum absolute atomic E-state index is 0.190. The molecule has 1 aromatic heterocycles. The quantitative estimate of drug-likeness (QED) is 0.894. The van der Waals surface area contributed by atoms with E-state index in [1.165, 1.54) is 0 Å². The number of nitrogens with zero attached hydrogens (tertiary/aromatic N) is 3. The van der Waals surface area contributed by atoms with Crippen molar-refractivity contribution in [3.8, 4) is 11.4 Å². The summed E-state index contributed by atoms with van der Waals surface area (Å²) in [5.74, 6) is 1.36. The molecule has 5 nitrogen and oxygen atoms in total. The maximum Gasteiger partial charge on any atom is 0.245 e. The Labute approximate surface area is 127 Å². The van der Waals surface area contributed by atoms with Gasteiger partial charge in [-0.25, -0.2) is 0 Å². The number of H-pyrrole nitrogens is 1. The van der Waals surface area contributed by atoms with Gasteiger partial charge in [0.25, 0.3) is 0 Å². The molecule has 20 heavy (non-hydrogen) atoms. The lowest BCUT2D eigenvalue weighted by molar-refractivity contribution is 0.500. The van der Waals surface area contributed by atoms with Crippen LogP contribution in [0, 0.1) is 0 Å². The molecule has 106 valence electrons. The fourth-order valence-corrected chi connectivity index (χ4v) is 2.66. The Balaban J connectivity index is 1.84. The zero-order chi connectivity index (χ0) is 14.1. The molecule has 0 spiro atoms. The fraction of sp³-hybridized carbons (Fsp3) is 0.385. The molecule has 1 saturated heterocycles. The van der Waals surface area contributed by atoms with Crippen LogP contribution in [0.15, 0.2) is 18.2 Å². The van der Waals surface area contributed by atoms with Crippen LogP contribution in [0.25, 0.3) is 11.4 Å². The molecule has 0 amide bonds. The van der Waals surface area contributed by atoms with E-state index in [-0.39, 0.29) is 6.04 Å². The summed E-state index contributed by atoms with van der Waals surface area (Å²) in [5.41, 5.74) is 6.84. The van der Waals surface area contributed by atoms with Crippen LogP contribution in [0.5, 0.6) is 0 Å². The number of aromatic amines is 1. The third-order valence-corrected chi connectivity index (χ3v) is 4.15. The molecule has 1 fully saturated rings. The number of benzene rings is 1. The number of rotatable bonds is 2. The minimum atomic E-state index is 0.190. The van der Waals surface area contributed by atoms with Crippen LogP contribution < -0.4 is 10.6 Å². The molecule has 1 aliphatic rings. The van der Waals surface area contributed by atoms with Gasteiger partial charge in [0.05, 0.1) is 10.0 Å². The summed E-state index contributed by atoms with van der Waals surface area (Å²) in [7, 11) is 0. The van der Waals surface area contributed by atoms with E-state index in [2.05, 4.69) is 20.1 Å². The number of anilines is 1. The second-order valence-electron chi connectivity index (χ2n) is 4.96. The first-order valence-electron chi connectivity index (χ1n) is 6.52. The number of hydrogen-bond acceptors (Lipinski definition) is 4. The SMILES string of the molecule is NC1CCCN(c2n[nH]c(-c3ccc(Cl)c(Cl)c3)n2)C1. The summed E-state index contributed by atoms with van der Waals surface area (Å²) in [6, 6.07) is 5.57. The second kappa shape index (κ2) is 5.60. The van der Waals surface area contributed by atoms with Gasteiger partial charge in [-0.05, 0) is 31.0 Å². The highest BCUT2D eigenvalue weighted by molar-refractivity contribution is 6.42. The normalized spacial score (nSPS) is 19.4. The number of nitrogens with one attached hydrogen (secondary N) is 1.